The molecule has 2 aliphatic heterocycles. The lowest BCUT2D eigenvalue weighted by Crippen LogP contribution is -2.74. The van der Waals surface area contributed by atoms with Gasteiger partial charge in [-0.2, -0.15) is 8.42 Å². The Balaban J connectivity index is 1.50. The Labute approximate surface area is 292 Å². The third-order valence-electron chi connectivity index (χ3n) is 11.8. The SMILES string of the molecule is CC(=O)SC[C@]1(O)[C@@H](OS(C)(=O)=O)CC[C@@]2(C)[C@H]3O[C@H](c4ccccc4)O[C@@H]3C3=C(C)C(=O)C[C@]4(O[C@@H](c5ccccc5)O[C@H]4[C@@H]21)C3(C)C. The molecule has 0 unspecified atom stereocenters. The molecule has 0 aromatic heterocycles. The number of fused-ring (bicyclic) bond motifs is 6. The minimum atomic E-state index is -4.05. The van der Waals surface area contributed by atoms with E-state index in [0.717, 1.165) is 34.7 Å². The molecule has 10 atom stereocenters. The fraction of sp³-hybridized carbons (Fsp3) is 0.568. The molecule has 10 nitrogen and oxygen atoms in total. The van der Waals surface area contributed by atoms with Crippen LogP contribution in [0.4, 0.5) is 0 Å². The second-order valence-electron chi connectivity index (χ2n) is 15.0. The van der Waals surface area contributed by atoms with E-state index in [-0.39, 0.29) is 29.5 Å². The highest BCUT2D eigenvalue weighted by Crippen LogP contribution is 2.68. The van der Waals surface area contributed by atoms with Crippen molar-refractivity contribution in [2.24, 2.45) is 16.7 Å². The molecule has 2 bridgehead atoms. The molecule has 12 heteroatoms. The fourth-order valence-electron chi connectivity index (χ4n) is 9.50. The van der Waals surface area contributed by atoms with Gasteiger partial charge in [-0.05, 0) is 30.9 Å². The van der Waals surface area contributed by atoms with Crippen LogP contribution in [0.2, 0.25) is 0 Å². The zero-order valence-corrected chi connectivity index (χ0v) is 30.2. The van der Waals surface area contributed by atoms with Gasteiger partial charge in [-0.3, -0.25) is 13.8 Å². The van der Waals surface area contributed by atoms with Crippen molar-refractivity contribution < 1.29 is 46.2 Å². The van der Waals surface area contributed by atoms with Gasteiger partial charge in [0.15, 0.2) is 23.5 Å². The van der Waals surface area contributed by atoms with Gasteiger partial charge in [0, 0.05) is 47.0 Å². The molecule has 0 amide bonds. The van der Waals surface area contributed by atoms with E-state index in [1.54, 1.807) is 0 Å². The van der Waals surface area contributed by atoms with Crippen LogP contribution in [0.15, 0.2) is 71.8 Å². The number of hydrogen-bond donors (Lipinski definition) is 1. The highest BCUT2D eigenvalue weighted by molar-refractivity contribution is 8.13. The number of carbonyl (C=O) groups excluding carboxylic acids is 2. The monoisotopic (exact) mass is 712 g/mol. The fourth-order valence-corrected chi connectivity index (χ4v) is 11.0. The molecule has 264 valence electrons. The van der Waals surface area contributed by atoms with Crippen LogP contribution in [-0.4, -0.2) is 72.0 Å². The molecule has 2 heterocycles. The van der Waals surface area contributed by atoms with Gasteiger partial charge >= 0.3 is 0 Å². The van der Waals surface area contributed by atoms with Crippen LogP contribution in [0, 0.1) is 16.7 Å². The van der Waals surface area contributed by atoms with Gasteiger partial charge in [0.2, 0.25) is 0 Å². The zero-order chi connectivity index (χ0) is 35.1. The third kappa shape index (κ3) is 5.49. The Kier molecular flexibility index (Phi) is 8.63. The highest BCUT2D eigenvalue weighted by atomic mass is 32.2. The number of hydrogen-bond acceptors (Lipinski definition) is 11. The van der Waals surface area contributed by atoms with Crippen molar-refractivity contribution in [2.75, 3.05) is 12.0 Å². The molecule has 4 fully saturated rings. The number of aliphatic hydroxyl groups is 1. The molecule has 2 saturated heterocycles. The van der Waals surface area contributed by atoms with Crippen LogP contribution in [-0.2, 0) is 42.8 Å². The Morgan fingerprint density at radius 1 is 0.959 bits per heavy atom. The average molecular weight is 713 g/mol. The van der Waals surface area contributed by atoms with Crippen LogP contribution in [0.5, 0.6) is 0 Å². The Hall–Kier alpha value is -2.42. The molecule has 2 aromatic rings. The number of Topliss-reactive ketones (excluding diaryl/α,β-unsaturated/α-hetero) is 1. The molecule has 2 aromatic carbocycles. The van der Waals surface area contributed by atoms with E-state index < -0.39 is 75.1 Å². The van der Waals surface area contributed by atoms with E-state index in [9.17, 15) is 23.1 Å². The Bertz CT molecular complexity index is 1780. The van der Waals surface area contributed by atoms with Crippen molar-refractivity contribution in [1.82, 2.24) is 0 Å². The first kappa shape index (κ1) is 35.0. The quantitative estimate of drug-likeness (QED) is 0.385. The number of carbonyl (C=O) groups is 2. The van der Waals surface area contributed by atoms with Crippen LogP contribution in [0.25, 0.3) is 0 Å². The van der Waals surface area contributed by atoms with Gasteiger partial charge in [-0.15, -0.1) is 0 Å². The summed E-state index contributed by atoms with van der Waals surface area (Å²) in [6.45, 7) is 9.31. The minimum Gasteiger partial charge on any atom is -0.386 e. The largest absolute Gasteiger partial charge is 0.386 e. The summed E-state index contributed by atoms with van der Waals surface area (Å²) in [4.78, 5) is 26.8. The normalized spacial score (nSPS) is 39.8. The number of rotatable bonds is 6. The predicted octanol–water partition coefficient (Wildman–Crippen LogP) is 5.42. The summed E-state index contributed by atoms with van der Waals surface area (Å²) in [5.74, 6) is -1.25. The summed E-state index contributed by atoms with van der Waals surface area (Å²) in [6, 6.07) is 19.0. The van der Waals surface area contributed by atoms with E-state index >= 15 is 0 Å². The summed E-state index contributed by atoms with van der Waals surface area (Å²) < 4.78 is 59.0. The van der Waals surface area contributed by atoms with Crippen LogP contribution < -0.4 is 0 Å². The van der Waals surface area contributed by atoms with Gasteiger partial charge in [0.1, 0.15) is 23.4 Å². The molecule has 1 spiro atoms. The standard InChI is InChI=1S/C37H44O10S2/c1-21-25(39)19-37-31(45-33(46-37)24-15-11-8-12-16-24)29-35(5,18-17-26(47-49(6,41)42)36(29,40)20-48-22(2)38)30-28(27(21)34(37,3)4)43-32(44-30)23-13-9-7-10-14-23/h7-16,26,28-33,40H,17-20H2,1-6H3/t26-,28+,29-,30-,31-,32+,33-,35+,36-,37+/m0/s1. The predicted molar refractivity (Wildman–Crippen MR) is 182 cm³/mol. The van der Waals surface area contributed by atoms with Gasteiger partial charge in [-0.25, -0.2) is 0 Å². The van der Waals surface area contributed by atoms with E-state index in [1.165, 1.54) is 6.92 Å². The number of allylic oxidation sites excluding steroid dienone is 1. The molecular weight excluding hydrogens is 669 g/mol. The maximum atomic E-state index is 14.2. The van der Waals surface area contributed by atoms with Crippen molar-refractivity contribution in [3.63, 3.8) is 0 Å². The molecule has 2 saturated carbocycles. The Morgan fingerprint density at radius 3 is 2.14 bits per heavy atom. The number of benzene rings is 2. The zero-order valence-electron chi connectivity index (χ0n) is 28.6. The van der Waals surface area contributed by atoms with E-state index in [2.05, 4.69) is 0 Å². The van der Waals surface area contributed by atoms with Gasteiger partial charge < -0.3 is 24.1 Å². The van der Waals surface area contributed by atoms with Gasteiger partial charge in [0.25, 0.3) is 10.1 Å². The van der Waals surface area contributed by atoms with E-state index in [1.807, 2.05) is 88.4 Å². The molecule has 7 rings (SSSR count). The maximum Gasteiger partial charge on any atom is 0.264 e. The topological polar surface area (TPSA) is 135 Å². The molecule has 1 N–H and O–H groups in total. The molecular formula is C37H44O10S2. The Morgan fingerprint density at radius 2 is 1.55 bits per heavy atom. The van der Waals surface area contributed by atoms with Crippen LogP contribution in [0.3, 0.4) is 0 Å². The minimum absolute atomic E-state index is 0.0379. The lowest BCUT2D eigenvalue weighted by molar-refractivity contribution is -0.240. The van der Waals surface area contributed by atoms with Crippen molar-refractivity contribution in [2.45, 2.75) is 102 Å². The number of ketones is 1. The molecule has 5 aliphatic rings. The van der Waals surface area contributed by atoms with Crippen molar-refractivity contribution in [1.29, 1.82) is 0 Å². The summed E-state index contributed by atoms with van der Waals surface area (Å²) in [5.41, 5.74) is -2.24. The van der Waals surface area contributed by atoms with Crippen molar-refractivity contribution in [3.8, 4) is 0 Å². The summed E-state index contributed by atoms with van der Waals surface area (Å²) in [7, 11) is -4.05. The molecule has 0 radical (unpaired) electrons. The van der Waals surface area contributed by atoms with Gasteiger partial charge in [0.05, 0.1) is 18.5 Å². The molecule has 3 aliphatic carbocycles. The first-order chi connectivity index (χ1) is 23.0. The summed E-state index contributed by atoms with van der Waals surface area (Å²) in [5, 5.41) is 13.0. The second-order valence-corrected chi connectivity index (χ2v) is 17.8. The van der Waals surface area contributed by atoms with Crippen molar-refractivity contribution >= 4 is 32.8 Å². The maximum absolute atomic E-state index is 14.2. The number of thioether (sulfide) groups is 1. The summed E-state index contributed by atoms with van der Waals surface area (Å²) in [6.07, 6.45) is -3.85. The molecule has 49 heavy (non-hydrogen) atoms. The lowest BCUT2D eigenvalue weighted by Gasteiger charge is -2.63. The lowest BCUT2D eigenvalue weighted by atomic mass is 9.46. The first-order valence-corrected chi connectivity index (χ1v) is 19.5. The van der Waals surface area contributed by atoms with E-state index in [4.69, 9.17) is 23.1 Å². The summed E-state index contributed by atoms with van der Waals surface area (Å²) >= 11 is 0.900. The first-order valence-electron chi connectivity index (χ1n) is 16.7. The second kappa shape index (κ2) is 12.1. The van der Waals surface area contributed by atoms with Crippen molar-refractivity contribution in [3.05, 3.63) is 82.9 Å². The van der Waals surface area contributed by atoms with Crippen LogP contribution >= 0.6 is 11.8 Å². The average Bonchev–Trinajstić information content (AvgIpc) is 3.65. The smallest absolute Gasteiger partial charge is 0.264 e. The van der Waals surface area contributed by atoms with E-state index in [0.29, 0.717) is 12.0 Å². The third-order valence-corrected chi connectivity index (χ3v) is 13.4. The highest BCUT2D eigenvalue weighted by Gasteiger charge is 2.76. The number of ether oxygens (including phenoxy) is 4. The van der Waals surface area contributed by atoms with Gasteiger partial charge in [-0.1, -0.05) is 93.2 Å². The van der Waals surface area contributed by atoms with Crippen LogP contribution in [0.1, 0.15) is 77.6 Å².